The molecule has 0 aliphatic carbocycles. The Morgan fingerprint density at radius 1 is 1.00 bits per heavy atom. The molecule has 1 heterocycles. The van der Waals surface area contributed by atoms with Crippen molar-refractivity contribution in [1.82, 2.24) is 4.98 Å². The number of aromatic nitrogens is 1. The lowest BCUT2D eigenvalue weighted by molar-refractivity contribution is -0.113. The third-order valence-corrected chi connectivity index (χ3v) is 6.93. The van der Waals surface area contributed by atoms with Gasteiger partial charge in [0.1, 0.15) is 16.5 Å². The van der Waals surface area contributed by atoms with Crippen LogP contribution in [0.1, 0.15) is 5.56 Å². The van der Waals surface area contributed by atoms with Crippen LogP contribution in [0.4, 0.5) is 5.69 Å². The zero-order chi connectivity index (χ0) is 21.1. The van der Waals surface area contributed by atoms with E-state index in [2.05, 4.69) is 10.3 Å². The fraction of sp³-hybridized carbons (Fsp3) is 0.0909. The molecular formula is C22H18N2O4S2. The van der Waals surface area contributed by atoms with Crippen LogP contribution in [0.2, 0.25) is 0 Å². The highest BCUT2D eigenvalue weighted by atomic mass is 32.2. The number of phenols is 1. The zero-order valence-electron chi connectivity index (χ0n) is 15.8. The van der Waals surface area contributed by atoms with Crippen LogP contribution in [0.5, 0.6) is 5.75 Å². The number of phenolic OH excluding ortho intramolecular Hbond substituents is 1. The number of hydrogen-bond donors (Lipinski definition) is 2. The summed E-state index contributed by atoms with van der Waals surface area (Å²) in [7, 11) is -3.61. The highest BCUT2D eigenvalue weighted by Crippen LogP contribution is 2.36. The molecule has 0 bridgehead atoms. The van der Waals surface area contributed by atoms with Gasteiger partial charge in [0, 0.05) is 5.69 Å². The number of carbonyl (C=O) groups excluding carboxylic acids is 1. The van der Waals surface area contributed by atoms with Gasteiger partial charge in [0.25, 0.3) is 0 Å². The summed E-state index contributed by atoms with van der Waals surface area (Å²) >= 11 is 1.42. The molecule has 2 N–H and O–H groups in total. The molecular weight excluding hydrogens is 420 g/mol. The van der Waals surface area contributed by atoms with Gasteiger partial charge in [-0.05, 0) is 35.9 Å². The minimum Gasteiger partial charge on any atom is -0.507 e. The van der Waals surface area contributed by atoms with Gasteiger partial charge in [-0.2, -0.15) is 0 Å². The molecule has 6 nitrogen and oxygen atoms in total. The lowest BCUT2D eigenvalue weighted by Gasteiger charge is -2.09. The van der Waals surface area contributed by atoms with Crippen molar-refractivity contribution < 1.29 is 18.3 Å². The smallest absolute Gasteiger partial charge is 0.239 e. The van der Waals surface area contributed by atoms with E-state index >= 15 is 0 Å². The maximum Gasteiger partial charge on any atom is 0.239 e. The van der Waals surface area contributed by atoms with Crippen LogP contribution < -0.4 is 5.32 Å². The minimum atomic E-state index is -3.61. The van der Waals surface area contributed by atoms with Gasteiger partial charge >= 0.3 is 0 Å². The normalized spacial score (nSPS) is 11.5. The second-order valence-electron chi connectivity index (χ2n) is 6.78. The van der Waals surface area contributed by atoms with E-state index in [1.807, 2.05) is 24.3 Å². The number of hydrogen-bond acceptors (Lipinski definition) is 6. The summed E-state index contributed by atoms with van der Waals surface area (Å²) in [6.07, 6.45) is 0. The predicted molar refractivity (Wildman–Crippen MR) is 119 cm³/mol. The molecule has 1 amide bonds. The number of anilines is 1. The third-order valence-electron chi connectivity index (χ3n) is 4.39. The van der Waals surface area contributed by atoms with Gasteiger partial charge in [-0.1, -0.05) is 42.5 Å². The predicted octanol–water partition coefficient (Wildman–Crippen LogP) is 4.22. The van der Waals surface area contributed by atoms with Gasteiger partial charge in [-0.3, -0.25) is 4.79 Å². The van der Waals surface area contributed by atoms with Gasteiger partial charge in [-0.15, -0.1) is 11.3 Å². The van der Waals surface area contributed by atoms with Gasteiger partial charge < -0.3 is 10.4 Å². The Kier molecular flexibility index (Phi) is 5.52. The first-order chi connectivity index (χ1) is 14.4. The molecule has 30 heavy (non-hydrogen) atoms. The van der Waals surface area contributed by atoms with E-state index in [4.69, 9.17) is 0 Å². The monoisotopic (exact) mass is 438 g/mol. The summed E-state index contributed by atoms with van der Waals surface area (Å²) in [6.45, 7) is 0. The Labute approximate surface area is 177 Å². The van der Waals surface area contributed by atoms with E-state index in [0.717, 1.165) is 10.2 Å². The number of fused-ring (bicyclic) bond motifs is 1. The molecule has 0 unspecified atom stereocenters. The molecule has 0 fully saturated rings. The number of para-hydroxylation sites is 1. The molecule has 3 aromatic carbocycles. The summed E-state index contributed by atoms with van der Waals surface area (Å²) in [5, 5.41) is 13.5. The molecule has 0 aliphatic heterocycles. The largest absolute Gasteiger partial charge is 0.507 e. The highest BCUT2D eigenvalue weighted by Gasteiger charge is 2.18. The molecule has 0 radical (unpaired) electrons. The van der Waals surface area contributed by atoms with Crippen molar-refractivity contribution in [1.29, 1.82) is 0 Å². The standard InChI is InChI=1S/C22H18N2O4S2/c25-19-11-10-16(12-17(19)22-24-18-8-4-5-9-20(18)29-22)23-21(26)14-30(27,28)13-15-6-2-1-3-7-15/h1-12,25H,13-14H2,(H,23,26). The van der Waals surface area contributed by atoms with Gasteiger partial charge in [-0.25, -0.2) is 13.4 Å². The van der Waals surface area contributed by atoms with Crippen molar-refractivity contribution in [2.45, 2.75) is 5.75 Å². The molecule has 0 atom stereocenters. The van der Waals surface area contributed by atoms with Crippen molar-refractivity contribution in [3.63, 3.8) is 0 Å². The van der Waals surface area contributed by atoms with Crippen LogP contribution >= 0.6 is 11.3 Å². The van der Waals surface area contributed by atoms with E-state index in [-0.39, 0.29) is 11.5 Å². The fourth-order valence-electron chi connectivity index (χ4n) is 3.05. The Hall–Kier alpha value is -3.23. The average Bonchev–Trinajstić information content (AvgIpc) is 3.13. The van der Waals surface area contributed by atoms with Gasteiger partial charge in [0.2, 0.25) is 5.91 Å². The van der Waals surface area contributed by atoms with E-state index in [1.165, 1.54) is 23.5 Å². The first kappa shape index (κ1) is 20.1. The van der Waals surface area contributed by atoms with Gasteiger partial charge in [0.15, 0.2) is 9.84 Å². The number of amides is 1. The number of rotatable bonds is 6. The van der Waals surface area contributed by atoms with E-state index < -0.39 is 21.5 Å². The van der Waals surface area contributed by atoms with Crippen molar-refractivity contribution in [3.05, 3.63) is 78.4 Å². The van der Waals surface area contributed by atoms with Gasteiger partial charge in [0.05, 0.1) is 21.5 Å². The van der Waals surface area contributed by atoms with Crippen molar-refractivity contribution >= 4 is 43.0 Å². The van der Waals surface area contributed by atoms with Crippen LogP contribution in [0.25, 0.3) is 20.8 Å². The number of sulfone groups is 1. The molecule has 0 saturated carbocycles. The molecule has 152 valence electrons. The number of nitrogens with one attached hydrogen (secondary N) is 1. The van der Waals surface area contributed by atoms with Crippen LogP contribution in [-0.4, -0.2) is 30.2 Å². The minimum absolute atomic E-state index is 0.0313. The number of nitrogens with zero attached hydrogens (tertiary/aromatic N) is 1. The summed E-state index contributed by atoms with van der Waals surface area (Å²) in [4.78, 5) is 16.8. The fourth-order valence-corrected chi connectivity index (χ4v) is 5.31. The Balaban J connectivity index is 1.51. The summed E-state index contributed by atoms with van der Waals surface area (Å²) < 4.78 is 25.6. The lowest BCUT2D eigenvalue weighted by atomic mass is 10.2. The van der Waals surface area contributed by atoms with Crippen LogP contribution in [0.15, 0.2) is 72.8 Å². The van der Waals surface area contributed by atoms with E-state index in [0.29, 0.717) is 21.8 Å². The molecule has 8 heteroatoms. The maximum atomic E-state index is 12.3. The molecule has 0 spiro atoms. The van der Waals surface area contributed by atoms with E-state index in [9.17, 15) is 18.3 Å². The second-order valence-corrected chi connectivity index (χ2v) is 9.88. The SMILES string of the molecule is O=C(CS(=O)(=O)Cc1ccccc1)Nc1ccc(O)c(-c2nc3ccccc3s2)c1. The molecule has 0 aliphatic rings. The summed E-state index contributed by atoms with van der Waals surface area (Å²) in [6, 6.07) is 20.9. The molecule has 0 saturated heterocycles. The molecule has 4 rings (SSSR count). The maximum absolute atomic E-state index is 12.3. The number of carbonyl (C=O) groups is 1. The topological polar surface area (TPSA) is 96.4 Å². The number of benzene rings is 3. The zero-order valence-corrected chi connectivity index (χ0v) is 17.4. The van der Waals surface area contributed by atoms with Crippen molar-refractivity contribution in [2.75, 3.05) is 11.1 Å². The molecule has 1 aromatic heterocycles. The van der Waals surface area contributed by atoms with E-state index in [1.54, 1.807) is 36.4 Å². The van der Waals surface area contributed by atoms with Crippen molar-refractivity contribution in [3.8, 4) is 16.3 Å². The van der Waals surface area contributed by atoms with Crippen LogP contribution in [0, 0.1) is 0 Å². The third kappa shape index (κ3) is 4.67. The average molecular weight is 439 g/mol. The number of thiazole rings is 1. The summed E-state index contributed by atoms with van der Waals surface area (Å²) in [5.41, 5.74) is 2.31. The Morgan fingerprint density at radius 2 is 1.73 bits per heavy atom. The first-order valence-corrected chi connectivity index (χ1v) is 11.8. The Morgan fingerprint density at radius 3 is 2.50 bits per heavy atom. The second kappa shape index (κ2) is 8.25. The first-order valence-electron chi connectivity index (χ1n) is 9.13. The summed E-state index contributed by atoms with van der Waals surface area (Å²) in [5.74, 6) is -1.43. The highest BCUT2D eigenvalue weighted by molar-refractivity contribution is 7.91. The van der Waals surface area contributed by atoms with Crippen LogP contribution in [0.3, 0.4) is 0 Å². The quantitative estimate of drug-likeness (QED) is 0.439. The van der Waals surface area contributed by atoms with Crippen molar-refractivity contribution in [2.24, 2.45) is 0 Å². The molecule has 4 aromatic rings. The van der Waals surface area contributed by atoms with Crippen LogP contribution in [-0.2, 0) is 20.4 Å². The Bertz CT molecular complexity index is 1280. The number of aromatic hydroxyl groups is 1. The lowest BCUT2D eigenvalue weighted by Crippen LogP contribution is -2.23.